The summed E-state index contributed by atoms with van der Waals surface area (Å²) in [6.45, 7) is 14.3. The van der Waals surface area contributed by atoms with Crippen molar-refractivity contribution in [2.75, 3.05) is 0 Å². The molecule has 0 radical (unpaired) electrons. The molecule has 0 heterocycles. The smallest absolute Gasteiger partial charge is 0.317 e. The van der Waals surface area contributed by atoms with Gasteiger partial charge in [-0.2, -0.15) is 0 Å². The lowest BCUT2D eigenvalue weighted by molar-refractivity contribution is -0.175. The molecular formula is C36H50O4. The summed E-state index contributed by atoms with van der Waals surface area (Å²) in [6.07, 6.45) is 11.1. The lowest BCUT2D eigenvalue weighted by Gasteiger charge is -2.61. The van der Waals surface area contributed by atoms with Crippen molar-refractivity contribution < 1.29 is 19.1 Å². The number of hydrogen-bond donors (Lipinski definition) is 0. The van der Waals surface area contributed by atoms with E-state index < -0.39 is 0 Å². The van der Waals surface area contributed by atoms with Crippen molar-refractivity contribution in [3.8, 4) is 11.5 Å². The second-order valence-electron chi connectivity index (χ2n) is 17.5. The SMILES string of the molecule is CC(C)(C)C1C2CC3CC1CC(C(=O)Oc1ccc(OC(=O)C45CC6CC(C4)C(C(C)(C)C)C(C6)C5)cc1)(C3)C2. The fourth-order valence-corrected chi connectivity index (χ4v) is 12.4. The summed E-state index contributed by atoms with van der Waals surface area (Å²) < 4.78 is 12.1. The Morgan fingerprint density at radius 2 is 0.875 bits per heavy atom. The fourth-order valence-electron chi connectivity index (χ4n) is 12.4. The van der Waals surface area contributed by atoms with Crippen LogP contribution in [0.2, 0.25) is 0 Å². The molecule has 4 atom stereocenters. The van der Waals surface area contributed by atoms with Crippen molar-refractivity contribution in [2.24, 2.45) is 69.0 Å². The van der Waals surface area contributed by atoms with E-state index in [-0.39, 0.29) is 22.8 Å². The average Bonchev–Trinajstić information content (AvgIpc) is 2.82. The van der Waals surface area contributed by atoms with Crippen molar-refractivity contribution >= 4 is 11.9 Å². The molecule has 1 aromatic carbocycles. The van der Waals surface area contributed by atoms with Crippen LogP contribution in [-0.2, 0) is 9.59 Å². The van der Waals surface area contributed by atoms with E-state index in [9.17, 15) is 9.59 Å². The second kappa shape index (κ2) is 8.83. The molecule has 0 aromatic heterocycles. The maximum absolute atomic E-state index is 13.6. The Kier molecular flexibility index (Phi) is 5.97. The quantitative estimate of drug-likeness (QED) is 0.281. The van der Waals surface area contributed by atoms with Crippen molar-refractivity contribution in [1.29, 1.82) is 0 Å². The second-order valence-corrected chi connectivity index (χ2v) is 17.5. The molecular weight excluding hydrogens is 496 g/mol. The van der Waals surface area contributed by atoms with Gasteiger partial charge in [0.2, 0.25) is 0 Å². The zero-order valence-electron chi connectivity index (χ0n) is 25.6. The zero-order valence-corrected chi connectivity index (χ0v) is 25.6. The van der Waals surface area contributed by atoms with Gasteiger partial charge in [0.1, 0.15) is 11.5 Å². The molecule has 0 spiro atoms. The molecule has 218 valence electrons. The van der Waals surface area contributed by atoms with Crippen molar-refractivity contribution in [2.45, 2.75) is 106 Å². The van der Waals surface area contributed by atoms with Crippen LogP contribution in [0.15, 0.2) is 24.3 Å². The highest BCUT2D eigenvalue weighted by Crippen LogP contribution is 2.67. The highest BCUT2D eigenvalue weighted by molar-refractivity contribution is 5.81. The van der Waals surface area contributed by atoms with Crippen LogP contribution in [0, 0.1) is 69.0 Å². The summed E-state index contributed by atoms with van der Waals surface area (Å²) in [5, 5.41) is 0. The van der Waals surface area contributed by atoms with E-state index in [2.05, 4.69) is 41.5 Å². The van der Waals surface area contributed by atoms with Crippen LogP contribution in [0.1, 0.15) is 106 Å². The minimum atomic E-state index is -0.313. The van der Waals surface area contributed by atoms with Crippen LogP contribution in [-0.4, -0.2) is 11.9 Å². The van der Waals surface area contributed by atoms with Crippen LogP contribution in [0.5, 0.6) is 11.5 Å². The molecule has 0 saturated heterocycles. The number of benzene rings is 1. The third-order valence-corrected chi connectivity index (χ3v) is 12.7. The Hall–Kier alpha value is -1.84. The molecule has 8 aliphatic rings. The molecule has 9 rings (SSSR count). The molecule has 4 unspecified atom stereocenters. The first-order valence-corrected chi connectivity index (χ1v) is 16.3. The number of esters is 2. The summed E-state index contributed by atoms with van der Waals surface area (Å²) >= 11 is 0. The Balaban J connectivity index is 1.01. The van der Waals surface area contributed by atoms with Gasteiger partial charge in [-0.25, -0.2) is 0 Å². The van der Waals surface area contributed by atoms with Crippen LogP contribution in [0.25, 0.3) is 0 Å². The molecule has 4 heteroatoms. The molecule has 4 nitrogen and oxygen atoms in total. The van der Waals surface area contributed by atoms with Crippen LogP contribution < -0.4 is 9.47 Å². The standard InChI is InChI=1S/C36H50O4/c1-33(2,3)29-23-11-21-12-24(29)18-35(15-21,17-23)31(37)39-27-7-9-28(10-8-27)40-32(38)36-16-22-13-25(19-36)30(34(4,5)6)26(14-22)20-36/h7-10,21-26,29-30H,11-20H2,1-6H3. The van der Waals surface area contributed by atoms with E-state index in [0.29, 0.717) is 69.7 Å². The van der Waals surface area contributed by atoms with Crippen LogP contribution in [0.3, 0.4) is 0 Å². The Bertz CT molecular complexity index is 1060. The van der Waals surface area contributed by atoms with Gasteiger partial charge in [-0.15, -0.1) is 0 Å². The average molecular weight is 547 g/mol. The highest BCUT2D eigenvalue weighted by atomic mass is 16.5. The molecule has 8 aliphatic carbocycles. The molecule has 8 fully saturated rings. The maximum atomic E-state index is 13.6. The molecule has 0 aliphatic heterocycles. The number of carbonyl (C=O) groups is 2. The first-order chi connectivity index (χ1) is 18.7. The van der Waals surface area contributed by atoms with E-state index in [1.807, 2.05) is 24.3 Å². The van der Waals surface area contributed by atoms with E-state index in [0.717, 1.165) is 38.5 Å². The largest absolute Gasteiger partial charge is 0.426 e. The van der Waals surface area contributed by atoms with E-state index in [4.69, 9.17) is 9.47 Å². The Morgan fingerprint density at radius 1 is 0.575 bits per heavy atom. The summed E-state index contributed by atoms with van der Waals surface area (Å²) in [5.41, 5.74) is -0.0312. The topological polar surface area (TPSA) is 52.6 Å². The van der Waals surface area contributed by atoms with Gasteiger partial charge in [-0.05, 0) is 147 Å². The predicted octanol–water partition coefficient (Wildman–Crippen LogP) is 8.47. The number of rotatable bonds is 4. The molecule has 8 saturated carbocycles. The molecule has 1 aromatic rings. The van der Waals surface area contributed by atoms with Crippen molar-refractivity contribution in [3.63, 3.8) is 0 Å². The lowest BCUT2D eigenvalue weighted by Crippen LogP contribution is -2.57. The fraction of sp³-hybridized carbons (Fsp3) is 0.778. The van der Waals surface area contributed by atoms with Crippen molar-refractivity contribution in [3.05, 3.63) is 24.3 Å². The van der Waals surface area contributed by atoms with Crippen molar-refractivity contribution in [1.82, 2.24) is 0 Å². The van der Waals surface area contributed by atoms with Gasteiger partial charge in [0.25, 0.3) is 0 Å². The highest BCUT2D eigenvalue weighted by Gasteiger charge is 2.62. The third-order valence-electron chi connectivity index (χ3n) is 12.7. The van der Waals surface area contributed by atoms with E-state index in [1.165, 1.54) is 25.7 Å². The third kappa shape index (κ3) is 4.28. The van der Waals surface area contributed by atoms with Crippen LogP contribution >= 0.6 is 0 Å². The zero-order chi connectivity index (χ0) is 28.2. The van der Waals surface area contributed by atoms with Gasteiger partial charge in [0.15, 0.2) is 0 Å². The van der Waals surface area contributed by atoms with E-state index in [1.54, 1.807) is 0 Å². The molecule has 8 bridgehead atoms. The Labute approximate surface area is 241 Å². The predicted molar refractivity (Wildman–Crippen MR) is 156 cm³/mol. The summed E-state index contributed by atoms with van der Waals surface area (Å²) in [5.74, 6) is 6.41. The van der Waals surface area contributed by atoms with Gasteiger partial charge in [-0.3, -0.25) is 9.59 Å². The summed E-state index contributed by atoms with van der Waals surface area (Å²) in [4.78, 5) is 27.3. The summed E-state index contributed by atoms with van der Waals surface area (Å²) in [7, 11) is 0. The number of hydrogen-bond acceptors (Lipinski definition) is 4. The molecule has 0 amide bonds. The monoisotopic (exact) mass is 546 g/mol. The minimum Gasteiger partial charge on any atom is -0.426 e. The van der Waals surface area contributed by atoms with Crippen LogP contribution in [0.4, 0.5) is 0 Å². The first-order valence-electron chi connectivity index (χ1n) is 16.3. The summed E-state index contributed by atoms with van der Waals surface area (Å²) in [6, 6.07) is 7.26. The lowest BCUT2D eigenvalue weighted by atomic mass is 9.43. The Morgan fingerprint density at radius 3 is 1.15 bits per heavy atom. The maximum Gasteiger partial charge on any atom is 0.317 e. The van der Waals surface area contributed by atoms with Gasteiger partial charge in [0, 0.05) is 0 Å². The number of carbonyl (C=O) groups excluding carboxylic acids is 2. The minimum absolute atomic E-state index is 0.0361. The normalized spacial score (nSPS) is 43.1. The van der Waals surface area contributed by atoms with E-state index >= 15 is 0 Å². The van der Waals surface area contributed by atoms with Gasteiger partial charge in [0.05, 0.1) is 10.8 Å². The van der Waals surface area contributed by atoms with Gasteiger partial charge in [-0.1, -0.05) is 41.5 Å². The van der Waals surface area contributed by atoms with Gasteiger partial charge < -0.3 is 9.47 Å². The van der Waals surface area contributed by atoms with Gasteiger partial charge >= 0.3 is 11.9 Å². The first kappa shape index (κ1) is 27.0. The number of ether oxygens (including phenoxy) is 2. The molecule has 0 N–H and O–H groups in total. The molecule has 40 heavy (non-hydrogen) atoms.